The number of allylic oxidation sites excluding steroid dienone is 1. The SMILES string of the molecule is CCOC(=O)C1=C(C)N=c2s/c(=C\c3ccc(-c4cccc(C(F)(F)F)c4)o3)c(=O)n2C1c1c(OC)ccc2ccccc12. The molecule has 3 heterocycles. The number of hydrogen-bond acceptors (Lipinski definition) is 7. The lowest BCUT2D eigenvalue weighted by Gasteiger charge is -2.27. The average molecular weight is 619 g/mol. The Hall–Kier alpha value is -4.90. The highest BCUT2D eigenvalue weighted by atomic mass is 32.1. The average Bonchev–Trinajstić information content (AvgIpc) is 3.59. The van der Waals surface area contributed by atoms with Crippen molar-refractivity contribution >= 4 is 34.2 Å². The molecule has 7 nitrogen and oxygen atoms in total. The molecule has 6 rings (SSSR count). The minimum absolute atomic E-state index is 0.131. The number of aromatic nitrogens is 1. The van der Waals surface area contributed by atoms with Crippen LogP contribution < -0.4 is 19.6 Å². The fourth-order valence-electron chi connectivity index (χ4n) is 5.36. The Morgan fingerprint density at radius 1 is 1.09 bits per heavy atom. The first-order valence-electron chi connectivity index (χ1n) is 13.6. The number of hydrogen-bond donors (Lipinski definition) is 0. The van der Waals surface area contributed by atoms with Crippen LogP contribution in [0.15, 0.2) is 98.3 Å². The molecule has 1 aliphatic heterocycles. The number of fused-ring (bicyclic) bond motifs is 2. The second-order valence-corrected chi connectivity index (χ2v) is 11.0. The van der Waals surface area contributed by atoms with Crippen molar-refractivity contribution < 1.29 is 31.9 Å². The molecule has 44 heavy (non-hydrogen) atoms. The van der Waals surface area contributed by atoms with Gasteiger partial charge in [0.1, 0.15) is 23.3 Å². The third-order valence-electron chi connectivity index (χ3n) is 7.32. The molecule has 0 saturated heterocycles. The number of esters is 1. The van der Waals surface area contributed by atoms with Gasteiger partial charge in [0.2, 0.25) is 0 Å². The van der Waals surface area contributed by atoms with Crippen LogP contribution in [0.3, 0.4) is 0 Å². The van der Waals surface area contributed by atoms with Crippen LogP contribution >= 0.6 is 11.3 Å². The molecule has 5 aromatic rings. The van der Waals surface area contributed by atoms with E-state index in [0.717, 1.165) is 34.2 Å². The van der Waals surface area contributed by atoms with Gasteiger partial charge in [0.25, 0.3) is 5.56 Å². The third kappa shape index (κ3) is 5.13. The number of rotatable bonds is 6. The van der Waals surface area contributed by atoms with Crippen LogP contribution in [0.25, 0.3) is 28.2 Å². The van der Waals surface area contributed by atoms with E-state index < -0.39 is 29.3 Å². The molecule has 0 N–H and O–H groups in total. The quantitative estimate of drug-likeness (QED) is 0.211. The summed E-state index contributed by atoms with van der Waals surface area (Å²) in [6.45, 7) is 3.53. The molecule has 0 amide bonds. The standard InChI is InChI=1S/C33H25F3N2O5S/c1-4-42-31(40)27-18(2)37-32-38(29(27)28-23-11-6-5-8-19(23)12-14-25(28)41-3)30(39)26(44-32)17-22-13-15-24(43-22)20-9-7-10-21(16-20)33(34,35)36/h5-17,29H,4H2,1-3H3/b26-17-. The van der Waals surface area contributed by atoms with E-state index in [0.29, 0.717) is 21.8 Å². The second-order valence-electron chi connectivity index (χ2n) is 9.99. The Morgan fingerprint density at radius 2 is 1.89 bits per heavy atom. The first-order chi connectivity index (χ1) is 21.1. The minimum Gasteiger partial charge on any atom is -0.496 e. The highest BCUT2D eigenvalue weighted by Crippen LogP contribution is 2.40. The number of methoxy groups -OCH3 is 1. The molecule has 1 aliphatic rings. The summed E-state index contributed by atoms with van der Waals surface area (Å²) < 4.78 is 58.5. The van der Waals surface area contributed by atoms with E-state index in [4.69, 9.17) is 13.9 Å². The molecule has 11 heteroatoms. The Balaban J connectivity index is 1.53. The fraction of sp³-hybridized carbons (Fsp3) is 0.182. The van der Waals surface area contributed by atoms with Crippen molar-refractivity contribution in [1.29, 1.82) is 0 Å². The molecule has 0 bridgehead atoms. The van der Waals surface area contributed by atoms with Gasteiger partial charge in [-0.15, -0.1) is 0 Å². The lowest BCUT2D eigenvalue weighted by atomic mass is 9.90. The van der Waals surface area contributed by atoms with Gasteiger partial charge in [0.05, 0.1) is 35.1 Å². The molecule has 1 atom stereocenters. The predicted octanol–water partition coefficient (Wildman–Crippen LogP) is 6.24. The van der Waals surface area contributed by atoms with E-state index in [1.165, 1.54) is 29.9 Å². The number of benzene rings is 3. The molecular formula is C33H25F3N2O5S. The Labute approximate surface area is 252 Å². The monoisotopic (exact) mass is 618 g/mol. The van der Waals surface area contributed by atoms with E-state index in [9.17, 15) is 22.8 Å². The number of ether oxygens (including phenoxy) is 2. The van der Waals surface area contributed by atoms with Gasteiger partial charge in [-0.3, -0.25) is 9.36 Å². The zero-order valence-electron chi connectivity index (χ0n) is 23.8. The maximum absolute atomic E-state index is 14.1. The molecule has 0 radical (unpaired) electrons. The number of thiazole rings is 1. The second kappa shape index (κ2) is 11.3. The van der Waals surface area contributed by atoms with Gasteiger partial charge in [-0.1, -0.05) is 53.8 Å². The molecule has 0 saturated carbocycles. The number of alkyl halides is 3. The lowest BCUT2D eigenvalue weighted by molar-refractivity contribution is -0.139. The van der Waals surface area contributed by atoms with Crippen LogP contribution in [0, 0.1) is 0 Å². The molecule has 224 valence electrons. The molecule has 0 aliphatic carbocycles. The summed E-state index contributed by atoms with van der Waals surface area (Å²) in [4.78, 5) is 32.5. The minimum atomic E-state index is -4.50. The van der Waals surface area contributed by atoms with Gasteiger partial charge < -0.3 is 13.9 Å². The van der Waals surface area contributed by atoms with E-state index in [1.807, 2.05) is 30.3 Å². The number of carbonyl (C=O) groups excluding carboxylic acids is 1. The van der Waals surface area contributed by atoms with Crippen molar-refractivity contribution in [1.82, 2.24) is 4.57 Å². The van der Waals surface area contributed by atoms with Crippen LogP contribution in [0.4, 0.5) is 13.2 Å². The van der Waals surface area contributed by atoms with Crippen LogP contribution in [-0.2, 0) is 15.7 Å². The summed E-state index contributed by atoms with van der Waals surface area (Å²) in [5.41, 5.74) is 0.253. The highest BCUT2D eigenvalue weighted by Gasteiger charge is 2.36. The third-order valence-corrected chi connectivity index (χ3v) is 8.30. The number of halogens is 3. The van der Waals surface area contributed by atoms with Crippen LogP contribution in [-0.4, -0.2) is 24.3 Å². The summed E-state index contributed by atoms with van der Waals surface area (Å²) in [5, 5.41) is 1.68. The number of furan rings is 1. The van der Waals surface area contributed by atoms with E-state index in [-0.39, 0.29) is 33.8 Å². The Kier molecular flexibility index (Phi) is 7.50. The van der Waals surface area contributed by atoms with Crippen molar-refractivity contribution in [3.8, 4) is 17.1 Å². The number of carbonyl (C=O) groups is 1. The van der Waals surface area contributed by atoms with Crippen molar-refractivity contribution in [3.05, 3.63) is 121 Å². The summed E-state index contributed by atoms with van der Waals surface area (Å²) in [5.74, 6) is 0.369. The van der Waals surface area contributed by atoms with Gasteiger partial charge in [-0.25, -0.2) is 9.79 Å². The predicted molar refractivity (Wildman–Crippen MR) is 160 cm³/mol. The van der Waals surface area contributed by atoms with Crippen molar-refractivity contribution in [2.45, 2.75) is 26.1 Å². The van der Waals surface area contributed by atoms with Gasteiger partial charge in [0.15, 0.2) is 4.80 Å². The first-order valence-corrected chi connectivity index (χ1v) is 14.4. The van der Waals surface area contributed by atoms with Crippen molar-refractivity contribution in [3.63, 3.8) is 0 Å². The van der Waals surface area contributed by atoms with Crippen LogP contribution in [0.1, 0.15) is 36.8 Å². The van der Waals surface area contributed by atoms with Crippen molar-refractivity contribution in [2.24, 2.45) is 4.99 Å². The van der Waals surface area contributed by atoms with Crippen LogP contribution in [0.5, 0.6) is 5.75 Å². The Bertz CT molecular complexity index is 2140. The molecule has 2 aromatic heterocycles. The maximum atomic E-state index is 14.1. The van der Waals surface area contributed by atoms with E-state index in [2.05, 4.69) is 4.99 Å². The molecule has 0 spiro atoms. The van der Waals surface area contributed by atoms with Crippen molar-refractivity contribution in [2.75, 3.05) is 13.7 Å². The highest BCUT2D eigenvalue weighted by molar-refractivity contribution is 7.07. The largest absolute Gasteiger partial charge is 0.496 e. The van der Waals surface area contributed by atoms with Gasteiger partial charge >= 0.3 is 12.1 Å². The summed E-state index contributed by atoms with van der Waals surface area (Å²) in [6, 6.07) is 18.3. The number of nitrogens with zero attached hydrogens (tertiary/aromatic N) is 2. The molecular weight excluding hydrogens is 593 g/mol. The van der Waals surface area contributed by atoms with E-state index >= 15 is 0 Å². The zero-order chi connectivity index (χ0) is 31.2. The first kappa shape index (κ1) is 29.2. The summed E-state index contributed by atoms with van der Waals surface area (Å²) in [6.07, 6.45) is -2.98. The maximum Gasteiger partial charge on any atom is 0.416 e. The van der Waals surface area contributed by atoms with Crippen LogP contribution in [0.2, 0.25) is 0 Å². The normalized spacial score (nSPS) is 15.3. The van der Waals surface area contributed by atoms with Gasteiger partial charge in [0, 0.05) is 17.2 Å². The topological polar surface area (TPSA) is 83.0 Å². The molecule has 0 fully saturated rings. The lowest BCUT2D eigenvalue weighted by Crippen LogP contribution is -2.40. The Morgan fingerprint density at radius 3 is 2.64 bits per heavy atom. The van der Waals surface area contributed by atoms with Gasteiger partial charge in [-0.05, 0) is 55.0 Å². The summed E-state index contributed by atoms with van der Waals surface area (Å²) >= 11 is 1.11. The fourth-order valence-corrected chi connectivity index (χ4v) is 6.39. The smallest absolute Gasteiger partial charge is 0.416 e. The summed E-state index contributed by atoms with van der Waals surface area (Å²) in [7, 11) is 1.52. The molecule has 3 aromatic carbocycles. The molecule has 1 unspecified atom stereocenters. The van der Waals surface area contributed by atoms with Gasteiger partial charge in [-0.2, -0.15) is 13.2 Å². The van der Waals surface area contributed by atoms with E-state index in [1.54, 1.807) is 32.0 Å². The zero-order valence-corrected chi connectivity index (χ0v) is 24.6.